The van der Waals surface area contributed by atoms with E-state index in [2.05, 4.69) is 25.0 Å². The maximum atomic E-state index is 13.1. The van der Waals surface area contributed by atoms with Crippen LogP contribution in [0.2, 0.25) is 0 Å². The van der Waals surface area contributed by atoms with Crippen molar-refractivity contribution in [2.24, 2.45) is 7.05 Å². The Morgan fingerprint density at radius 2 is 1.71 bits per heavy atom. The van der Waals surface area contributed by atoms with Crippen LogP contribution in [0.15, 0.2) is 65.4 Å². The van der Waals surface area contributed by atoms with E-state index in [-0.39, 0.29) is 29.2 Å². The van der Waals surface area contributed by atoms with E-state index in [1.807, 2.05) is 41.8 Å². The molecule has 0 bridgehead atoms. The number of rotatable bonds is 5. The lowest BCUT2D eigenvalue weighted by Crippen LogP contribution is -2.47. The summed E-state index contributed by atoms with van der Waals surface area (Å²) < 4.78 is 51.4. The molecule has 0 unspecified atom stereocenters. The van der Waals surface area contributed by atoms with Gasteiger partial charge in [0.05, 0.1) is 23.5 Å². The summed E-state index contributed by atoms with van der Waals surface area (Å²) in [6.45, 7) is 3.08. The predicted molar refractivity (Wildman–Crippen MR) is 142 cm³/mol. The van der Waals surface area contributed by atoms with Crippen molar-refractivity contribution in [3.05, 3.63) is 72.2 Å². The molecule has 0 N–H and O–H groups in total. The molecular weight excluding hydrogens is 539 g/mol. The number of halogens is 3. The Morgan fingerprint density at radius 1 is 0.951 bits per heavy atom. The summed E-state index contributed by atoms with van der Waals surface area (Å²) >= 11 is 0. The molecule has 0 saturated carbocycles. The molecular formula is C28H24F3N7O3. The zero-order chi connectivity index (χ0) is 28.7. The van der Waals surface area contributed by atoms with Crippen LogP contribution in [0, 0.1) is 0 Å². The fourth-order valence-electron chi connectivity index (χ4n) is 4.60. The maximum absolute atomic E-state index is 13.1. The van der Waals surface area contributed by atoms with Crippen molar-refractivity contribution in [2.75, 3.05) is 33.2 Å². The number of alkyl halides is 3. The Morgan fingerprint density at radius 3 is 2.39 bits per heavy atom. The molecule has 4 heterocycles. The number of nitrogens with zero attached hydrogens (tertiary/aromatic N) is 7. The largest absolute Gasteiger partial charge is 0.437 e. The van der Waals surface area contributed by atoms with Gasteiger partial charge in [0, 0.05) is 50.2 Å². The summed E-state index contributed by atoms with van der Waals surface area (Å²) in [6.07, 6.45) is -1.64. The van der Waals surface area contributed by atoms with Crippen LogP contribution in [-0.4, -0.2) is 73.6 Å². The first-order valence-corrected chi connectivity index (χ1v) is 12.7. The van der Waals surface area contributed by atoms with E-state index in [0.29, 0.717) is 30.1 Å². The zero-order valence-electron chi connectivity index (χ0n) is 22.1. The van der Waals surface area contributed by atoms with Crippen molar-refractivity contribution in [2.45, 2.75) is 6.18 Å². The lowest BCUT2D eigenvalue weighted by atomic mass is 10.1. The van der Waals surface area contributed by atoms with Crippen LogP contribution in [0.5, 0.6) is 11.6 Å². The molecule has 0 aliphatic carbocycles. The SMILES string of the molecule is CN1CCN(C(=O)c2cc3ccc(Oc4cnc(-c5nc(-c6ccc(C(F)(F)F)cc6)no5)cn4)cc3n2C)CC1. The molecule has 1 aliphatic heterocycles. The number of hydrogen-bond donors (Lipinski definition) is 0. The van der Waals surface area contributed by atoms with E-state index in [1.165, 1.54) is 24.5 Å². The number of carbonyl (C=O) groups excluding carboxylic acids is 1. The zero-order valence-corrected chi connectivity index (χ0v) is 22.1. The van der Waals surface area contributed by atoms with Gasteiger partial charge < -0.3 is 23.6 Å². The molecule has 1 amide bonds. The van der Waals surface area contributed by atoms with Crippen LogP contribution >= 0.6 is 0 Å². The number of amides is 1. The summed E-state index contributed by atoms with van der Waals surface area (Å²) in [4.78, 5) is 30.0. The van der Waals surface area contributed by atoms with Crippen molar-refractivity contribution in [1.29, 1.82) is 0 Å². The van der Waals surface area contributed by atoms with Crippen molar-refractivity contribution in [3.63, 3.8) is 0 Å². The Labute approximate surface area is 232 Å². The highest BCUT2D eigenvalue weighted by atomic mass is 19.4. The first-order valence-electron chi connectivity index (χ1n) is 12.7. The van der Waals surface area contributed by atoms with E-state index in [1.54, 1.807) is 6.07 Å². The fraction of sp³-hybridized carbons (Fsp3) is 0.250. The molecule has 10 nitrogen and oxygen atoms in total. The van der Waals surface area contributed by atoms with Crippen molar-refractivity contribution in [1.82, 2.24) is 34.5 Å². The van der Waals surface area contributed by atoms with Gasteiger partial charge in [0.1, 0.15) is 17.1 Å². The highest BCUT2D eigenvalue weighted by Gasteiger charge is 2.30. The van der Waals surface area contributed by atoms with Gasteiger partial charge in [-0.3, -0.25) is 4.79 Å². The molecule has 210 valence electrons. The third-order valence-electron chi connectivity index (χ3n) is 6.99. The smallest absolute Gasteiger partial charge is 0.416 e. The topological polar surface area (TPSA) is 102 Å². The number of carbonyl (C=O) groups is 1. The van der Waals surface area contributed by atoms with E-state index in [9.17, 15) is 18.0 Å². The predicted octanol–water partition coefficient (Wildman–Crippen LogP) is 4.88. The van der Waals surface area contributed by atoms with Gasteiger partial charge >= 0.3 is 6.18 Å². The van der Waals surface area contributed by atoms with Crippen LogP contribution in [0.25, 0.3) is 33.9 Å². The summed E-state index contributed by atoms with van der Waals surface area (Å²) in [6, 6.07) is 11.8. The van der Waals surface area contributed by atoms with Crippen molar-refractivity contribution >= 4 is 16.8 Å². The van der Waals surface area contributed by atoms with Gasteiger partial charge in [0.25, 0.3) is 11.8 Å². The van der Waals surface area contributed by atoms with Crippen LogP contribution in [0.3, 0.4) is 0 Å². The third-order valence-corrected chi connectivity index (χ3v) is 6.99. The number of ether oxygens (including phenoxy) is 1. The third kappa shape index (κ3) is 5.35. The maximum Gasteiger partial charge on any atom is 0.416 e. The van der Waals surface area contributed by atoms with Crippen molar-refractivity contribution in [3.8, 4) is 34.6 Å². The molecule has 1 aliphatic rings. The molecule has 6 rings (SSSR count). The summed E-state index contributed by atoms with van der Waals surface area (Å²) in [7, 11) is 3.90. The monoisotopic (exact) mass is 563 g/mol. The van der Waals surface area contributed by atoms with Crippen LogP contribution in [0.4, 0.5) is 13.2 Å². The number of likely N-dealkylation sites (N-methyl/N-ethyl adjacent to an activating group) is 1. The Hall–Kier alpha value is -4.78. The van der Waals surface area contributed by atoms with Crippen LogP contribution < -0.4 is 4.74 Å². The molecule has 1 saturated heterocycles. The second kappa shape index (κ2) is 10.3. The number of aryl methyl sites for hydroxylation is 1. The molecule has 0 radical (unpaired) electrons. The molecule has 5 aromatic rings. The molecule has 2 aromatic carbocycles. The highest BCUT2D eigenvalue weighted by Crippen LogP contribution is 2.31. The minimum atomic E-state index is -4.43. The van der Waals surface area contributed by atoms with Crippen LogP contribution in [0.1, 0.15) is 16.1 Å². The average molecular weight is 564 g/mol. The average Bonchev–Trinajstić information content (AvgIpc) is 3.59. The summed E-state index contributed by atoms with van der Waals surface area (Å²) in [5.41, 5.74) is 1.32. The number of aromatic nitrogens is 5. The number of benzene rings is 2. The van der Waals surface area contributed by atoms with Gasteiger partial charge in [-0.25, -0.2) is 9.97 Å². The standard InChI is InChI=1S/C28H24F3N7O3/c1-36-9-11-38(12-10-36)27(39)23-13-18-5-8-20(14-22(18)37(23)2)40-24-16-32-21(15-33-24)26-34-25(35-41-26)17-3-6-19(7-4-17)28(29,30)31/h3-8,13-16H,9-12H2,1-2H3. The lowest BCUT2D eigenvalue weighted by Gasteiger charge is -2.32. The highest BCUT2D eigenvalue weighted by molar-refractivity contribution is 5.99. The molecule has 3 aromatic heterocycles. The van der Waals surface area contributed by atoms with E-state index in [4.69, 9.17) is 9.26 Å². The number of fused-ring (bicyclic) bond motifs is 1. The Balaban J connectivity index is 1.15. The molecule has 0 spiro atoms. The number of piperazine rings is 1. The van der Waals surface area contributed by atoms with Crippen LogP contribution in [-0.2, 0) is 13.2 Å². The normalized spacial score (nSPS) is 14.5. The first-order chi connectivity index (χ1) is 19.7. The molecule has 13 heteroatoms. The minimum Gasteiger partial charge on any atom is -0.437 e. The van der Waals surface area contributed by atoms with Gasteiger partial charge in [0.2, 0.25) is 11.7 Å². The van der Waals surface area contributed by atoms with Gasteiger partial charge in [0.15, 0.2) is 0 Å². The minimum absolute atomic E-state index is 0.00299. The molecule has 0 atom stereocenters. The number of hydrogen-bond acceptors (Lipinski definition) is 8. The quantitative estimate of drug-likeness (QED) is 0.298. The van der Waals surface area contributed by atoms with Gasteiger partial charge in [-0.05, 0) is 37.4 Å². The van der Waals surface area contributed by atoms with Gasteiger partial charge in [-0.1, -0.05) is 17.3 Å². The Kier molecular flexibility index (Phi) is 6.66. The van der Waals surface area contributed by atoms with Gasteiger partial charge in [-0.2, -0.15) is 18.2 Å². The summed E-state index contributed by atoms with van der Waals surface area (Å²) in [5.74, 6) is 0.919. The lowest BCUT2D eigenvalue weighted by molar-refractivity contribution is -0.137. The summed E-state index contributed by atoms with van der Waals surface area (Å²) in [5, 5.41) is 4.75. The van der Waals surface area contributed by atoms with E-state index in [0.717, 1.165) is 36.1 Å². The van der Waals surface area contributed by atoms with Gasteiger partial charge in [-0.15, -0.1) is 0 Å². The Bertz CT molecular complexity index is 1710. The van der Waals surface area contributed by atoms with E-state index < -0.39 is 11.7 Å². The molecule has 41 heavy (non-hydrogen) atoms. The first kappa shape index (κ1) is 26.4. The second-order valence-corrected chi connectivity index (χ2v) is 9.74. The second-order valence-electron chi connectivity index (χ2n) is 9.74. The molecule has 1 fully saturated rings. The van der Waals surface area contributed by atoms with E-state index >= 15 is 0 Å². The fourth-order valence-corrected chi connectivity index (χ4v) is 4.60. The van der Waals surface area contributed by atoms with Crippen molar-refractivity contribution < 1.29 is 27.2 Å².